The van der Waals surface area contributed by atoms with E-state index in [1.165, 1.54) is 84.8 Å². The first-order valence-electron chi connectivity index (χ1n) is 12.4. The summed E-state index contributed by atoms with van der Waals surface area (Å²) in [5, 5.41) is 10.1. The summed E-state index contributed by atoms with van der Waals surface area (Å²) in [6.45, 7) is 4.99. The van der Waals surface area contributed by atoms with Gasteiger partial charge >= 0.3 is 11.9 Å². The number of aliphatic hydroxyl groups excluding tert-OH is 1. The van der Waals surface area contributed by atoms with Crippen molar-refractivity contribution in [3.05, 3.63) is 23.5 Å². The number of unbranched alkanes of at least 4 members (excludes halogenated alkanes) is 10. The Bertz CT molecular complexity index is 609. The third kappa shape index (κ3) is 12.3. The lowest BCUT2D eigenvalue weighted by molar-refractivity contribution is -0.148. The number of ether oxygens (including phenoxy) is 3. The normalized spacial score (nSPS) is 19.0. The molecule has 1 aliphatic rings. The zero-order valence-corrected chi connectivity index (χ0v) is 20.6. The van der Waals surface area contributed by atoms with Gasteiger partial charge in [-0.2, -0.15) is 0 Å². The van der Waals surface area contributed by atoms with Gasteiger partial charge in [-0.1, -0.05) is 71.1 Å². The van der Waals surface area contributed by atoms with Crippen LogP contribution in [0.25, 0.3) is 0 Å². The lowest BCUT2D eigenvalue weighted by atomic mass is 9.92. The summed E-state index contributed by atoms with van der Waals surface area (Å²) >= 11 is 0. The number of rotatable bonds is 17. The third-order valence-corrected chi connectivity index (χ3v) is 5.76. The van der Waals surface area contributed by atoms with Crippen LogP contribution in [0.4, 0.5) is 0 Å². The Labute approximate surface area is 194 Å². The largest absolute Gasteiger partial charge is 0.497 e. The molecule has 1 aliphatic carbocycles. The first-order chi connectivity index (χ1) is 15.4. The number of hydrogen-bond acceptors (Lipinski definition) is 6. The van der Waals surface area contributed by atoms with E-state index >= 15 is 0 Å². The summed E-state index contributed by atoms with van der Waals surface area (Å²) in [6.07, 6.45) is 16.3. The van der Waals surface area contributed by atoms with Crippen molar-refractivity contribution in [3.63, 3.8) is 0 Å². The van der Waals surface area contributed by atoms with E-state index in [1.807, 2.05) is 0 Å². The molecular weight excluding hydrogens is 408 g/mol. The molecule has 0 unspecified atom stereocenters. The summed E-state index contributed by atoms with van der Waals surface area (Å²) in [6, 6.07) is 0. The lowest BCUT2D eigenvalue weighted by Crippen LogP contribution is -2.30. The van der Waals surface area contributed by atoms with E-state index in [0.29, 0.717) is 17.8 Å². The molecule has 0 bridgehead atoms. The quantitative estimate of drug-likeness (QED) is 0.171. The zero-order chi connectivity index (χ0) is 23.8. The first kappa shape index (κ1) is 28.2. The Kier molecular flexibility index (Phi) is 14.8. The summed E-state index contributed by atoms with van der Waals surface area (Å²) < 4.78 is 16.3. The number of methoxy groups -OCH3 is 1. The van der Waals surface area contributed by atoms with Gasteiger partial charge in [0.25, 0.3) is 0 Å². The second kappa shape index (κ2) is 16.8. The minimum absolute atomic E-state index is 0.321. The standard InChI is InChI=1S/C26H44O6/c1-5-6-7-8-9-10-11-12-13-14-15-16-24(31-20(2)27)18-22-17-23(29)19-25(30-4)26(22)32-21(3)28/h17,19,23-24,26,29H,5-16,18H2,1-4H3/t23-,24-,26+/m1/s1. The smallest absolute Gasteiger partial charge is 0.303 e. The molecule has 32 heavy (non-hydrogen) atoms. The fourth-order valence-electron chi connectivity index (χ4n) is 4.18. The second-order valence-corrected chi connectivity index (χ2v) is 8.75. The molecule has 0 aliphatic heterocycles. The van der Waals surface area contributed by atoms with Gasteiger partial charge in [-0.05, 0) is 30.6 Å². The Morgan fingerprint density at radius 1 is 0.906 bits per heavy atom. The van der Waals surface area contributed by atoms with Gasteiger partial charge in [0.2, 0.25) is 0 Å². The van der Waals surface area contributed by atoms with E-state index in [1.54, 1.807) is 6.08 Å². The monoisotopic (exact) mass is 452 g/mol. The van der Waals surface area contributed by atoms with E-state index in [-0.39, 0.29) is 12.1 Å². The van der Waals surface area contributed by atoms with Crippen LogP contribution in [0.15, 0.2) is 23.5 Å². The highest BCUT2D eigenvalue weighted by Gasteiger charge is 2.30. The lowest BCUT2D eigenvalue weighted by Gasteiger charge is -2.29. The zero-order valence-electron chi connectivity index (χ0n) is 20.6. The van der Waals surface area contributed by atoms with E-state index < -0.39 is 18.2 Å². The highest BCUT2D eigenvalue weighted by Crippen LogP contribution is 2.29. The Morgan fingerprint density at radius 3 is 1.97 bits per heavy atom. The van der Waals surface area contributed by atoms with Crippen LogP contribution in [0.2, 0.25) is 0 Å². The average molecular weight is 453 g/mol. The van der Waals surface area contributed by atoms with Gasteiger partial charge in [-0.25, -0.2) is 0 Å². The molecule has 184 valence electrons. The molecule has 1 N–H and O–H groups in total. The Balaban J connectivity index is 2.46. The summed E-state index contributed by atoms with van der Waals surface area (Å²) in [4.78, 5) is 23.2. The van der Waals surface area contributed by atoms with Crippen molar-refractivity contribution >= 4 is 11.9 Å². The Hall–Kier alpha value is -1.82. The fourth-order valence-corrected chi connectivity index (χ4v) is 4.18. The van der Waals surface area contributed by atoms with E-state index in [0.717, 1.165) is 19.3 Å². The van der Waals surface area contributed by atoms with Gasteiger partial charge in [0.1, 0.15) is 11.9 Å². The summed E-state index contributed by atoms with van der Waals surface area (Å²) in [7, 11) is 1.48. The van der Waals surface area contributed by atoms with E-state index in [2.05, 4.69) is 6.92 Å². The first-order valence-corrected chi connectivity index (χ1v) is 12.4. The molecule has 6 nitrogen and oxygen atoms in total. The predicted octanol–water partition coefficient (Wildman–Crippen LogP) is 5.77. The molecule has 0 amide bonds. The van der Waals surface area contributed by atoms with Crippen LogP contribution < -0.4 is 0 Å². The van der Waals surface area contributed by atoms with Crippen molar-refractivity contribution in [2.24, 2.45) is 0 Å². The van der Waals surface area contributed by atoms with Crippen molar-refractivity contribution in [2.75, 3.05) is 7.11 Å². The molecule has 0 heterocycles. The van der Waals surface area contributed by atoms with Gasteiger partial charge in [0, 0.05) is 20.3 Å². The average Bonchev–Trinajstić information content (AvgIpc) is 2.72. The van der Waals surface area contributed by atoms with Crippen LogP contribution >= 0.6 is 0 Å². The molecule has 6 heteroatoms. The maximum Gasteiger partial charge on any atom is 0.303 e. The predicted molar refractivity (Wildman–Crippen MR) is 126 cm³/mol. The van der Waals surface area contributed by atoms with E-state index in [9.17, 15) is 14.7 Å². The molecule has 0 aromatic rings. The van der Waals surface area contributed by atoms with Crippen LogP contribution in [0.5, 0.6) is 0 Å². The minimum atomic E-state index is -0.827. The van der Waals surface area contributed by atoms with Gasteiger partial charge in [-0.15, -0.1) is 0 Å². The number of carbonyl (C=O) groups excluding carboxylic acids is 2. The van der Waals surface area contributed by atoms with Gasteiger partial charge in [-0.3, -0.25) is 9.59 Å². The van der Waals surface area contributed by atoms with Crippen molar-refractivity contribution in [1.29, 1.82) is 0 Å². The SMILES string of the molecule is CCCCCCCCCCCCC[C@H](CC1=C[C@@H](O)C=C(OC)[C@H]1OC(C)=O)OC(C)=O. The Morgan fingerprint density at radius 2 is 1.47 bits per heavy atom. The molecule has 0 saturated carbocycles. The van der Waals surface area contributed by atoms with E-state index in [4.69, 9.17) is 14.2 Å². The van der Waals surface area contributed by atoms with Crippen molar-refractivity contribution in [2.45, 2.75) is 123 Å². The molecule has 0 radical (unpaired) electrons. The van der Waals surface area contributed by atoms with Crippen LogP contribution in [-0.4, -0.2) is 42.5 Å². The molecule has 1 rings (SSSR count). The van der Waals surface area contributed by atoms with Crippen LogP contribution in [-0.2, 0) is 23.8 Å². The topological polar surface area (TPSA) is 82.1 Å². The van der Waals surface area contributed by atoms with Crippen molar-refractivity contribution in [1.82, 2.24) is 0 Å². The number of carbonyl (C=O) groups is 2. The molecule has 0 aromatic carbocycles. The van der Waals surface area contributed by atoms with Crippen LogP contribution in [0.3, 0.4) is 0 Å². The maximum atomic E-state index is 11.6. The molecule has 0 aromatic heterocycles. The molecule has 3 atom stereocenters. The highest BCUT2D eigenvalue weighted by molar-refractivity contribution is 5.67. The van der Waals surface area contributed by atoms with Gasteiger partial charge in [0.05, 0.1) is 13.2 Å². The molecule has 0 saturated heterocycles. The minimum Gasteiger partial charge on any atom is -0.497 e. The summed E-state index contributed by atoms with van der Waals surface area (Å²) in [5.74, 6) is -0.377. The highest BCUT2D eigenvalue weighted by atomic mass is 16.6. The maximum absolute atomic E-state index is 11.6. The second-order valence-electron chi connectivity index (χ2n) is 8.75. The van der Waals surface area contributed by atoms with Gasteiger partial charge in [0.15, 0.2) is 6.10 Å². The number of hydrogen-bond donors (Lipinski definition) is 1. The van der Waals surface area contributed by atoms with Crippen LogP contribution in [0, 0.1) is 0 Å². The third-order valence-electron chi connectivity index (χ3n) is 5.76. The van der Waals surface area contributed by atoms with Crippen LogP contribution in [0.1, 0.15) is 104 Å². The molecular formula is C26H44O6. The molecule has 0 fully saturated rings. The summed E-state index contributed by atoms with van der Waals surface area (Å²) in [5.41, 5.74) is 0.696. The van der Waals surface area contributed by atoms with Gasteiger partial charge < -0.3 is 19.3 Å². The van der Waals surface area contributed by atoms with Crippen molar-refractivity contribution in [3.8, 4) is 0 Å². The fraction of sp³-hybridized carbons (Fsp3) is 0.769. The number of esters is 2. The van der Waals surface area contributed by atoms with Crippen molar-refractivity contribution < 1.29 is 28.9 Å². The number of aliphatic hydroxyl groups is 1. The molecule has 0 spiro atoms.